The van der Waals surface area contributed by atoms with Gasteiger partial charge in [0.1, 0.15) is 12.7 Å². The van der Waals surface area contributed by atoms with Crippen LogP contribution in [0.4, 0.5) is 5.69 Å². The molecule has 1 amide bonds. The molecule has 0 atom stereocenters. The van der Waals surface area contributed by atoms with Crippen LogP contribution in [0, 0.1) is 0 Å². The molecule has 116 valence electrons. The van der Waals surface area contributed by atoms with E-state index in [9.17, 15) is 4.79 Å². The fourth-order valence-electron chi connectivity index (χ4n) is 2.00. The van der Waals surface area contributed by atoms with Crippen molar-refractivity contribution in [1.29, 1.82) is 0 Å². The Labute approximate surface area is 146 Å². The van der Waals surface area contributed by atoms with E-state index in [1.54, 1.807) is 30.3 Å². The average molecular weight is 368 g/mol. The Morgan fingerprint density at radius 3 is 2.48 bits per heavy atom. The third-order valence-corrected chi connectivity index (χ3v) is 3.83. The van der Waals surface area contributed by atoms with Crippen molar-refractivity contribution in [2.24, 2.45) is 0 Å². The molecule has 1 N–H and O–H groups in total. The van der Waals surface area contributed by atoms with Gasteiger partial charge in [0.15, 0.2) is 0 Å². The van der Waals surface area contributed by atoms with Crippen molar-refractivity contribution in [2.45, 2.75) is 0 Å². The van der Waals surface area contributed by atoms with Crippen molar-refractivity contribution in [1.82, 2.24) is 14.8 Å². The molecule has 0 spiro atoms. The number of benzene rings is 2. The Morgan fingerprint density at radius 2 is 1.78 bits per heavy atom. The third kappa shape index (κ3) is 3.47. The van der Waals surface area contributed by atoms with E-state index in [1.165, 1.54) is 23.4 Å². The van der Waals surface area contributed by atoms with E-state index in [-0.39, 0.29) is 10.9 Å². The molecule has 1 heterocycles. The van der Waals surface area contributed by atoms with Crippen molar-refractivity contribution < 1.29 is 4.79 Å². The van der Waals surface area contributed by atoms with Crippen LogP contribution in [-0.2, 0) is 0 Å². The maximum Gasteiger partial charge on any atom is 0.257 e. The number of carbonyl (C=O) groups excluding carboxylic acids is 1. The van der Waals surface area contributed by atoms with Crippen molar-refractivity contribution >= 4 is 46.4 Å². The standard InChI is InChI=1S/C15H9Cl3N4O/c16-9-1-3-11(12(18)5-9)15(23)21-13-6-10(17)2-4-14(13)22-8-19-7-20-22/h1-8H,(H,21,23). The van der Waals surface area contributed by atoms with Crippen molar-refractivity contribution in [2.75, 3.05) is 5.32 Å². The highest BCUT2D eigenvalue weighted by Gasteiger charge is 2.14. The zero-order chi connectivity index (χ0) is 16.4. The summed E-state index contributed by atoms with van der Waals surface area (Å²) in [5.41, 5.74) is 1.42. The van der Waals surface area contributed by atoms with E-state index >= 15 is 0 Å². The molecule has 3 rings (SSSR count). The average Bonchev–Trinajstić information content (AvgIpc) is 3.01. The molecule has 1 aromatic heterocycles. The topological polar surface area (TPSA) is 59.8 Å². The fraction of sp³-hybridized carbons (Fsp3) is 0. The smallest absolute Gasteiger partial charge is 0.257 e. The number of carbonyl (C=O) groups is 1. The summed E-state index contributed by atoms with van der Waals surface area (Å²) in [6.45, 7) is 0. The molecule has 0 aliphatic carbocycles. The largest absolute Gasteiger partial charge is 0.320 e. The second kappa shape index (κ2) is 6.58. The second-order valence-electron chi connectivity index (χ2n) is 4.58. The van der Waals surface area contributed by atoms with E-state index in [0.29, 0.717) is 27.0 Å². The molecule has 0 bridgehead atoms. The quantitative estimate of drug-likeness (QED) is 0.742. The summed E-state index contributed by atoms with van der Waals surface area (Å²) in [6.07, 6.45) is 2.92. The van der Waals surface area contributed by atoms with Gasteiger partial charge in [0.25, 0.3) is 5.91 Å². The molecule has 0 aliphatic rings. The molecule has 5 nitrogen and oxygen atoms in total. The highest BCUT2D eigenvalue weighted by atomic mass is 35.5. The molecule has 0 unspecified atom stereocenters. The molecule has 0 radical (unpaired) electrons. The Balaban J connectivity index is 1.96. The van der Waals surface area contributed by atoms with Crippen LogP contribution in [0.25, 0.3) is 5.69 Å². The van der Waals surface area contributed by atoms with E-state index in [4.69, 9.17) is 34.8 Å². The summed E-state index contributed by atoms with van der Waals surface area (Å²) in [6, 6.07) is 9.71. The van der Waals surface area contributed by atoms with Gasteiger partial charge in [-0.1, -0.05) is 34.8 Å². The second-order valence-corrected chi connectivity index (χ2v) is 5.86. The Hall–Kier alpha value is -2.08. The van der Waals surface area contributed by atoms with Crippen LogP contribution in [0.2, 0.25) is 15.1 Å². The van der Waals surface area contributed by atoms with Crippen LogP contribution < -0.4 is 5.32 Å². The van der Waals surface area contributed by atoms with Crippen LogP contribution >= 0.6 is 34.8 Å². The van der Waals surface area contributed by atoms with Crippen LogP contribution in [0.5, 0.6) is 0 Å². The van der Waals surface area contributed by atoms with Gasteiger partial charge in [-0.3, -0.25) is 4.79 Å². The Bertz CT molecular complexity index is 865. The van der Waals surface area contributed by atoms with Crippen molar-refractivity contribution in [3.05, 3.63) is 69.7 Å². The molecule has 0 fully saturated rings. The number of amides is 1. The predicted octanol–water partition coefficient (Wildman–Crippen LogP) is 4.48. The summed E-state index contributed by atoms with van der Waals surface area (Å²) in [4.78, 5) is 16.3. The fourth-order valence-corrected chi connectivity index (χ4v) is 2.67. The van der Waals surface area contributed by atoms with Crippen molar-refractivity contribution in [3.63, 3.8) is 0 Å². The normalized spacial score (nSPS) is 10.6. The van der Waals surface area contributed by atoms with Crippen molar-refractivity contribution in [3.8, 4) is 5.69 Å². The molecular weight excluding hydrogens is 359 g/mol. The lowest BCUT2D eigenvalue weighted by Gasteiger charge is -2.12. The van der Waals surface area contributed by atoms with Gasteiger partial charge >= 0.3 is 0 Å². The molecule has 8 heteroatoms. The van der Waals surface area contributed by atoms with Gasteiger partial charge in [0, 0.05) is 10.0 Å². The summed E-state index contributed by atoms with van der Waals surface area (Å²) in [5.74, 6) is -0.379. The zero-order valence-electron chi connectivity index (χ0n) is 11.5. The number of halogens is 3. The van der Waals surface area contributed by atoms with E-state index in [0.717, 1.165) is 0 Å². The minimum atomic E-state index is -0.379. The first kappa shape index (κ1) is 15.8. The first-order chi connectivity index (χ1) is 11.0. The number of aromatic nitrogens is 3. The number of nitrogens with one attached hydrogen (secondary N) is 1. The first-order valence-electron chi connectivity index (χ1n) is 6.45. The minimum Gasteiger partial charge on any atom is -0.320 e. The lowest BCUT2D eigenvalue weighted by atomic mass is 10.2. The predicted molar refractivity (Wildman–Crippen MR) is 90.8 cm³/mol. The molecular formula is C15H9Cl3N4O. The zero-order valence-corrected chi connectivity index (χ0v) is 13.8. The van der Waals surface area contributed by atoms with Gasteiger partial charge in [-0.25, -0.2) is 9.67 Å². The van der Waals surface area contributed by atoms with E-state index in [2.05, 4.69) is 15.4 Å². The molecule has 2 aromatic carbocycles. The van der Waals surface area contributed by atoms with Gasteiger partial charge in [-0.05, 0) is 36.4 Å². The Morgan fingerprint density at radius 1 is 1.04 bits per heavy atom. The van der Waals surface area contributed by atoms with E-state index in [1.807, 2.05) is 0 Å². The van der Waals surface area contributed by atoms with Crippen LogP contribution in [-0.4, -0.2) is 20.7 Å². The van der Waals surface area contributed by atoms with Gasteiger partial charge in [-0.2, -0.15) is 5.10 Å². The molecule has 23 heavy (non-hydrogen) atoms. The van der Waals surface area contributed by atoms with Gasteiger partial charge in [0.05, 0.1) is 22.0 Å². The summed E-state index contributed by atoms with van der Waals surface area (Å²) in [5, 5.41) is 8.03. The molecule has 0 saturated heterocycles. The summed E-state index contributed by atoms with van der Waals surface area (Å²) in [7, 11) is 0. The SMILES string of the molecule is O=C(Nc1cc(Cl)ccc1-n1cncn1)c1ccc(Cl)cc1Cl. The van der Waals surface area contributed by atoms with Crippen LogP contribution in [0.1, 0.15) is 10.4 Å². The summed E-state index contributed by atoms with van der Waals surface area (Å²) < 4.78 is 1.52. The first-order valence-corrected chi connectivity index (χ1v) is 7.59. The number of nitrogens with zero attached hydrogens (tertiary/aromatic N) is 3. The number of hydrogen-bond acceptors (Lipinski definition) is 3. The monoisotopic (exact) mass is 366 g/mol. The number of hydrogen-bond donors (Lipinski definition) is 1. The minimum absolute atomic E-state index is 0.263. The molecule has 3 aromatic rings. The molecule has 0 saturated carbocycles. The highest BCUT2D eigenvalue weighted by molar-refractivity contribution is 6.37. The van der Waals surface area contributed by atoms with Gasteiger partial charge in [-0.15, -0.1) is 0 Å². The molecule has 0 aliphatic heterocycles. The summed E-state index contributed by atoms with van der Waals surface area (Å²) >= 11 is 17.9. The number of anilines is 1. The maximum absolute atomic E-state index is 12.5. The lowest BCUT2D eigenvalue weighted by molar-refractivity contribution is 0.102. The lowest BCUT2D eigenvalue weighted by Crippen LogP contribution is -2.14. The third-order valence-electron chi connectivity index (χ3n) is 3.05. The van der Waals surface area contributed by atoms with E-state index < -0.39 is 0 Å². The maximum atomic E-state index is 12.5. The highest BCUT2D eigenvalue weighted by Crippen LogP contribution is 2.26. The van der Waals surface area contributed by atoms with Gasteiger partial charge < -0.3 is 5.32 Å². The Kier molecular flexibility index (Phi) is 4.52. The van der Waals surface area contributed by atoms with Crippen LogP contribution in [0.15, 0.2) is 49.1 Å². The van der Waals surface area contributed by atoms with Crippen LogP contribution in [0.3, 0.4) is 0 Å². The van der Waals surface area contributed by atoms with Gasteiger partial charge in [0.2, 0.25) is 0 Å². The number of rotatable bonds is 3.